The number of H-pyrrole nitrogens is 1. The summed E-state index contributed by atoms with van der Waals surface area (Å²) < 4.78 is 0. The van der Waals surface area contributed by atoms with E-state index in [1.807, 2.05) is 0 Å². The number of carbonyl (C=O) groups is 3. The normalized spacial score (nSPS) is 20.3. The summed E-state index contributed by atoms with van der Waals surface area (Å²) in [5.74, 6) is -0.552. The average Bonchev–Trinajstić information content (AvgIpc) is 3.49. The van der Waals surface area contributed by atoms with Crippen LogP contribution in [0.3, 0.4) is 0 Å². The molecule has 0 bridgehead atoms. The minimum Gasteiger partial charge on any atom is -0.352 e. The van der Waals surface area contributed by atoms with Gasteiger partial charge in [0.15, 0.2) is 5.78 Å². The monoisotopic (exact) mass is 487 g/mol. The first-order chi connectivity index (χ1) is 15.8. The maximum atomic E-state index is 13.1. The number of nitriles is 1. The van der Waals surface area contributed by atoms with Gasteiger partial charge in [-0.05, 0) is 49.8 Å². The quantitative estimate of drug-likeness (QED) is 0.447. The van der Waals surface area contributed by atoms with Gasteiger partial charge in [-0.2, -0.15) is 5.26 Å². The summed E-state index contributed by atoms with van der Waals surface area (Å²) in [5.41, 5.74) is 1.05. The van der Waals surface area contributed by atoms with Crippen LogP contribution in [0.5, 0.6) is 0 Å². The van der Waals surface area contributed by atoms with Gasteiger partial charge in [0.2, 0.25) is 5.91 Å². The first kappa shape index (κ1) is 23.8. The lowest BCUT2D eigenvalue weighted by Gasteiger charge is -2.24. The van der Waals surface area contributed by atoms with E-state index in [1.165, 1.54) is 0 Å². The zero-order valence-electron chi connectivity index (χ0n) is 18.3. The Bertz CT molecular complexity index is 1120. The highest BCUT2D eigenvalue weighted by Gasteiger charge is 2.33. The molecule has 2 N–H and O–H groups in total. The highest BCUT2D eigenvalue weighted by Crippen LogP contribution is 2.37. The van der Waals surface area contributed by atoms with Gasteiger partial charge >= 0.3 is 0 Å². The van der Waals surface area contributed by atoms with E-state index in [0.29, 0.717) is 51.8 Å². The van der Waals surface area contributed by atoms with Crippen molar-refractivity contribution < 1.29 is 14.4 Å². The molecular weight excluding hydrogens is 461 g/mol. The molecule has 3 atom stereocenters. The topological polar surface area (TPSA) is 103 Å². The summed E-state index contributed by atoms with van der Waals surface area (Å²) in [5, 5.41) is 14.0. The molecule has 6 nitrogen and oxygen atoms in total. The van der Waals surface area contributed by atoms with Gasteiger partial charge in [-0.1, -0.05) is 42.5 Å². The van der Waals surface area contributed by atoms with E-state index in [2.05, 4.69) is 16.4 Å². The Hall–Kier alpha value is -2.36. The predicted octanol–water partition coefficient (Wildman–Crippen LogP) is 5.62. The molecule has 174 valence electrons. The molecule has 1 aromatic carbocycles. The van der Waals surface area contributed by atoms with Crippen LogP contribution in [-0.4, -0.2) is 28.5 Å². The number of nitrogens with zero attached hydrogens (tertiary/aromatic N) is 1. The van der Waals surface area contributed by atoms with Gasteiger partial charge in [-0.15, -0.1) is 0 Å². The Balaban J connectivity index is 1.44. The molecule has 1 heterocycles. The van der Waals surface area contributed by atoms with Crippen LogP contribution in [0.2, 0.25) is 10.0 Å². The van der Waals surface area contributed by atoms with E-state index in [4.69, 9.17) is 23.2 Å². The third-order valence-corrected chi connectivity index (χ3v) is 7.27. The molecule has 0 radical (unpaired) electrons. The Morgan fingerprint density at radius 3 is 2.64 bits per heavy atom. The maximum Gasteiger partial charge on any atom is 0.224 e. The van der Waals surface area contributed by atoms with Crippen molar-refractivity contribution in [3.63, 3.8) is 0 Å². The van der Waals surface area contributed by atoms with Crippen molar-refractivity contribution in [3.8, 4) is 6.07 Å². The second kappa shape index (κ2) is 10.3. The largest absolute Gasteiger partial charge is 0.352 e. The van der Waals surface area contributed by atoms with Gasteiger partial charge < -0.3 is 10.3 Å². The van der Waals surface area contributed by atoms with Gasteiger partial charge in [-0.25, -0.2) is 0 Å². The smallest absolute Gasteiger partial charge is 0.224 e. The van der Waals surface area contributed by atoms with Crippen molar-refractivity contribution in [2.45, 2.75) is 63.8 Å². The van der Waals surface area contributed by atoms with E-state index in [-0.39, 0.29) is 29.8 Å². The van der Waals surface area contributed by atoms with Crippen molar-refractivity contribution in [3.05, 3.63) is 33.9 Å². The number of nitrogens with one attached hydrogen (secondary N) is 2. The van der Waals surface area contributed by atoms with E-state index in [9.17, 15) is 19.6 Å². The van der Waals surface area contributed by atoms with Crippen molar-refractivity contribution in [2.24, 2.45) is 17.8 Å². The molecule has 1 aromatic heterocycles. The van der Waals surface area contributed by atoms with Crippen LogP contribution in [0.25, 0.3) is 10.9 Å². The van der Waals surface area contributed by atoms with Crippen LogP contribution < -0.4 is 5.32 Å². The van der Waals surface area contributed by atoms with Crippen LogP contribution >= 0.6 is 23.2 Å². The highest BCUT2D eigenvalue weighted by molar-refractivity contribution is 6.38. The maximum absolute atomic E-state index is 13.1. The fourth-order valence-corrected chi connectivity index (χ4v) is 5.25. The molecule has 0 saturated heterocycles. The fraction of sp³-hybridized carbons (Fsp3) is 0.520. The number of halogens is 2. The minimum atomic E-state index is -0.727. The van der Waals surface area contributed by atoms with Crippen LogP contribution in [-0.2, 0) is 9.59 Å². The molecule has 0 aliphatic heterocycles. The third kappa shape index (κ3) is 5.96. The summed E-state index contributed by atoms with van der Waals surface area (Å²) in [7, 11) is 0. The Kier molecular flexibility index (Phi) is 7.41. The third-order valence-electron chi connectivity index (χ3n) is 6.74. The average molecular weight is 488 g/mol. The van der Waals surface area contributed by atoms with Crippen molar-refractivity contribution in [1.82, 2.24) is 10.3 Å². The number of hydrogen-bond acceptors (Lipinski definition) is 4. The Labute approximate surface area is 203 Å². The Morgan fingerprint density at radius 2 is 1.94 bits per heavy atom. The summed E-state index contributed by atoms with van der Waals surface area (Å²) in [6.07, 6.45) is 6.29. The van der Waals surface area contributed by atoms with E-state index in [1.54, 1.807) is 18.2 Å². The number of benzene rings is 1. The fourth-order valence-electron chi connectivity index (χ4n) is 4.71. The molecule has 2 aromatic rings. The number of hydrogen-bond donors (Lipinski definition) is 2. The second-order valence-electron chi connectivity index (χ2n) is 9.37. The lowest BCUT2D eigenvalue weighted by molar-refractivity contribution is -0.127. The van der Waals surface area contributed by atoms with Gasteiger partial charge in [0.05, 0.1) is 16.8 Å². The van der Waals surface area contributed by atoms with Crippen LogP contribution in [0.1, 0.15) is 68.3 Å². The zero-order chi connectivity index (χ0) is 23.5. The Morgan fingerprint density at radius 1 is 1.15 bits per heavy atom. The van der Waals surface area contributed by atoms with E-state index < -0.39 is 12.0 Å². The first-order valence-electron chi connectivity index (χ1n) is 11.6. The minimum absolute atomic E-state index is 0.0427. The van der Waals surface area contributed by atoms with Crippen LogP contribution in [0.15, 0.2) is 18.2 Å². The van der Waals surface area contributed by atoms with Gasteiger partial charge in [0, 0.05) is 40.6 Å². The van der Waals surface area contributed by atoms with Crippen molar-refractivity contribution in [1.29, 1.82) is 5.26 Å². The molecule has 0 spiro atoms. The molecule has 0 unspecified atom stereocenters. The van der Waals surface area contributed by atoms with Gasteiger partial charge in [-0.3, -0.25) is 14.4 Å². The van der Waals surface area contributed by atoms with Gasteiger partial charge in [0.25, 0.3) is 0 Å². The molecule has 2 aliphatic carbocycles. The number of amides is 1. The first-order valence-corrected chi connectivity index (χ1v) is 12.3. The van der Waals surface area contributed by atoms with Crippen molar-refractivity contribution >= 4 is 51.6 Å². The molecular formula is C25H27Cl2N3O3. The molecule has 8 heteroatoms. The molecule has 2 fully saturated rings. The SMILES string of the molecule is N#C[C@H](C[C@@H]1CCCCC1=O)NC(=O)[C@@H](CC(=O)c1cc2c(Cl)cc(Cl)cc2[nH]1)CC1CC1. The lowest BCUT2D eigenvalue weighted by atomic mass is 9.83. The number of rotatable bonds is 9. The molecule has 1 amide bonds. The number of Topliss-reactive ketones (excluding diaryl/α,β-unsaturated/α-hetero) is 2. The number of ketones is 2. The van der Waals surface area contributed by atoms with Crippen LogP contribution in [0, 0.1) is 29.1 Å². The summed E-state index contributed by atoms with van der Waals surface area (Å²) in [6.45, 7) is 0. The highest BCUT2D eigenvalue weighted by atomic mass is 35.5. The van der Waals surface area contributed by atoms with Crippen LogP contribution in [0.4, 0.5) is 0 Å². The number of aromatic amines is 1. The molecule has 4 rings (SSSR count). The number of aromatic nitrogens is 1. The summed E-state index contributed by atoms with van der Waals surface area (Å²) in [4.78, 5) is 41.3. The summed E-state index contributed by atoms with van der Waals surface area (Å²) in [6, 6.07) is 6.43. The standard InChI is InChI=1S/C25H27Cl2N3O3/c26-17-10-20(27)19-12-22(30-21(19)11-17)24(32)9-16(7-14-5-6-14)25(33)29-18(13-28)8-15-3-1-2-4-23(15)31/h10-12,14-16,18,30H,1-9H2,(H,29,33)/t15-,16+,18-/m0/s1. The second-order valence-corrected chi connectivity index (χ2v) is 10.2. The number of fused-ring (bicyclic) bond motifs is 1. The summed E-state index contributed by atoms with van der Waals surface area (Å²) >= 11 is 12.3. The number of carbonyl (C=O) groups excluding carboxylic acids is 3. The van der Waals surface area contributed by atoms with Crippen molar-refractivity contribution in [2.75, 3.05) is 0 Å². The van der Waals surface area contributed by atoms with Gasteiger partial charge in [0.1, 0.15) is 11.8 Å². The molecule has 2 saturated carbocycles. The zero-order valence-corrected chi connectivity index (χ0v) is 19.8. The van der Waals surface area contributed by atoms with E-state index >= 15 is 0 Å². The predicted molar refractivity (Wildman–Crippen MR) is 127 cm³/mol. The lowest BCUT2D eigenvalue weighted by Crippen LogP contribution is -2.41. The van der Waals surface area contributed by atoms with E-state index in [0.717, 1.165) is 32.1 Å². The molecule has 33 heavy (non-hydrogen) atoms. The molecule has 2 aliphatic rings.